The molecule has 7 heteroatoms. The van der Waals surface area contributed by atoms with E-state index < -0.39 is 0 Å². The van der Waals surface area contributed by atoms with E-state index in [1.54, 1.807) is 24.3 Å². The first-order valence-electron chi connectivity index (χ1n) is 10.2. The lowest BCUT2D eigenvalue weighted by molar-refractivity contribution is 0.0484. The van der Waals surface area contributed by atoms with Gasteiger partial charge in [-0.15, -0.1) is 0 Å². The minimum Gasteiger partial charge on any atom is -0.454 e. The van der Waals surface area contributed by atoms with Gasteiger partial charge in [0, 0.05) is 30.7 Å². The van der Waals surface area contributed by atoms with Crippen LogP contribution in [0, 0.1) is 5.82 Å². The Bertz CT molecular complexity index is 1090. The summed E-state index contributed by atoms with van der Waals surface area (Å²) in [7, 11) is 0. The molecule has 2 aliphatic heterocycles. The Balaban J connectivity index is 1.33. The van der Waals surface area contributed by atoms with Crippen LogP contribution in [0.2, 0.25) is 0 Å². The molecule has 3 heterocycles. The van der Waals surface area contributed by atoms with E-state index in [0.29, 0.717) is 31.1 Å². The Kier molecular flexibility index (Phi) is 5.11. The fourth-order valence-corrected chi connectivity index (χ4v) is 4.12. The SMILES string of the molecule is O=C(NCC1(c2ccc3c(c2)OCO3)CCOCC1)c1ccc(-c2ccc(F)cc2)o1. The van der Waals surface area contributed by atoms with Gasteiger partial charge in [-0.25, -0.2) is 4.39 Å². The van der Waals surface area contributed by atoms with Gasteiger partial charge in [-0.1, -0.05) is 6.07 Å². The van der Waals surface area contributed by atoms with Crippen LogP contribution in [0.4, 0.5) is 4.39 Å². The number of nitrogens with one attached hydrogen (secondary N) is 1. The average molecular weight is 423 g/mol. The molecule has 2 aromatic carbocycles. The topological polar surface area (TPSA) is 69.9 Å². The number of carbonyl (C=O) groups is 1. The summed E-state index contributed by atoms with van der Waals surface area (Å²) in [4.78, 5) is 12.8. The zero-order chi connectivity index (χ0) is 21.3. The van der Waals surface area contributed by atoms with Crippen molar-refractivity contribution in [3.63, 3.8) is 0 Å². The monoisotopic (exact) mass is 423 g/mol. The molecule has 1 aromatic heterocycles. The molecule has 6 nitrogen and oxygen atoms in total. The third kappa shape index (κ3) is 3.88. The molecule has 160 valence electrons. The summed E-state index contributed by atoms with van der Waals surface area (Å²) in [6.07, 6.45) is 1.57. The molecular formula is C24H22FNO5. The normalized spacial score (nSPS) is 16.8. The summed E-state index contributed by atoms with van der Waals surface area (Å²) < 4.78 is 35.4. The van der Waals surface area contributed by atoms with Crippen LogP contribution in [0.25, 0.3) is 11.3 Å². The summed E-state index contributed by atoms with van der Waals surface area (Å²) in [5.74, 6) is 1.58. The molecule has 0 unspecified atom stereocenters. The van der Waals surface area contributed by atoms with Gasteiger partial charge < -0.3 is 23.9 Å². The third-order valence-electron chi connectivity index (χ3n) is 5.98. The molecule has 0 atom stereocenters. The highest BCUT2D eigenvalue weighted by Crippen LogP contribution is 2.40. The van der Waals surface area contributed by atoms with Gasteiger partial charge in [0.05, 0.1) is 0 Å². The zero-order valence-corrected chi connectivity index (χ0v) is 16.9. The Labute approximate surface area is 178 Å². The van der Waals surface area contributed by atoms with Gasteiger partial charge in [-0.3, -0.25) is 4.79 Å². The maximum absolute atomic E-state index is 13.1. The quantitative estimate of drug-likeness (QED) is 0.663. The van der Waals surface area contributed by atoms with Crippen molar-refractivity contribution < 1.29 is 27.8 Å². The lowest BCUT2D eigenvalue weighted by Gasteiger charge is -2.38. The highest BCUT2D eigenvalue weighted by Gasteiger charge is 2.36. The molecule has 3 aromatic rings. The third-order valence-corrected chi connectivity index (χ3v) is 5.98. The largest absolute Gasteiger partial charge is 0.454 e. The van der Waals surface area contributed by atoms with Crippen molar-refractivity contribution in [2.75, 3.05) is 26.6 Å². The van der Waals surface area contributed by atoms with Crippen LogP contribution in [-0.4, -0.2) is 32.5 Å². The van der Waals surface area contributed by atoms with Gasteiger partial charge in [0.2, 0.25) is 6.79 Å². The second-order valence-corrected chi connectivity index (χ2v) is 7.81. The fraction of sp³-hybridized carbons (Fsp3) is 0.292. The van der Waals surface area contributed by atoms with Gasteiger partial charge >= 0.3 is 0 Å². The highest BCUT2D eigenvalue weighted by atomic mass is 19.1. The maximum atomic E-state index is 13.1. The molecule has 1 fully saturated rings. The molecule has 31 heavy (non-hydrogen) atoms. The molecule has 1 amide bonds. The van der Waals surface area contributed by atoms with Crippen molar-refractivity contribution in [1.29, 1.82) is 0 Å². The predicted molar refractivity (Wildman–Crippen MR) is 111 cm³/mol. The van der Waals surface area contributed by atoms with Gasteiger partial charge in [-0.05, 0) is 66.9 Å². The number of fused-ring (bicyclic) bond motifs is 1. The Hall–Kier alpha value is -3.32. The minimum absolute atomic E-state index is 0.215. The number of hydrogen-bond acceptors (Lipinski definition) is 5. The van der Waals surface area contributed by atoms with Gasteiger partial charge in [0.25, 0.3) is 5.91 Å². The first-order valence-corrected chi connectivity index (χ1v) is 10.2. The number of carbonyl (C=O) groups excluding carboxylic acids is 1. The van der Waals surface area contributed by atoms with E-state index in [1.165, 1.54) is 12.1 Å². The summed E-state index contributed by atoms with van der Waals surface area (Å²) in [6, 6.07) is 15.2. The van der Waals surface area contributed by atoms with Crippen LogP contribution in [0.3, 0.4) is 0 Å². The zero-order valence-electron chi connectivity index (χ0n) is 16.9. The van der Waals surface area contributed by atoms with E-state index in [9.17, 15) is 9.18 Å². The van der Waals surface area contributed by atoms with Crippen LogP contribution in [0.15, 0.2) is 59.0 Å². The molecular weight excluding hydrogens is 401 g/mol. The van der Waals surface area contributed by atoms with Crippen LogP contribution in [0.1, 0.15) is 29.0 Å². The molecule has 0 aliphatic carbocycles. The first kappa shape index (κ1) is 19.6. The lowest BCUT2D eigenvalue weighted by Crippen LogP contribution is -2.44. The minimum atomic E-state index is -0.321. The van der Waals surface area contributed by atoms with Gasteiger partial charge in [0.1, 0.15) is 11.6 Å². The summed E-state index contributed by atoms with van der Waals surface area (Å²) in [5, 5.41) is 3.03. The van der Waals surface area contributed by atoms with E-state index in [2.05, 4.69) is 5.32 Å². The summed E-state index contributed by atoms with van der Waals surface area (Å²) in [6.45, 7) is 1.92. The molecule has 2 aliphatic rings. The van der Waals surface area contributed by atoms with Crippen molar-refractivity contribution in [3.05, 3.63) is 71.7 Å². The van der Waals surface area contributed by atoms with E-state index in [4.69, 9.17) is 18.6 Å². The number of halogens is 1. The molecule has 0 radical (unpaired) electrons. The average Bonchev–Trinajstić information content (AvgIpc) is 3.48. The number of rotatable bonds is 5. The predicted octanol–water partition coefficient (Wildman–Crippen LogP) is 4.29. The number of ether oxygens (including phenoxy) is 3. The van der Waals surface area contributed by atoms with Gasteiger partial charge in [0.15, 0.2) is 17.3 Å². The number of amides is 1. The molecule has 1 N–H and O–H groups in total. The van der Waals surface area contributed by atoms with Crippen molar-refractivity contribution in [1.82, 2.24) is 5.32 Å². The van der Waals surface area contributed by atoms with Crippen molar-refractivity contribution in [2.24, 2.45) is 0 Å². The van der Waals surface area contributed by atoms with E-state index in [0.717, 1.165) is 29.9 Å². The number of benzene rings is 2. The number of hydrogen-bond donors (Lipinski definition) is 1. The van der Waals surface area contributed by atoms with E-state index in [-0.39, 0.29) is 29.7 Å². The summed E-state index contributed by atoms with van der Waals surface area (Å²) in [5.41, 5.74) is 1.54. The molecule has 0 saturated carbocycles. The second-order valence-electron chi connectivity index (χ2n) is 7.81. The first-order chi connectivity index (χ1) is 15.1. The maximum Gasteiger partial charge on any atom is 0.287 e. The lowest BCUT2D eigenvalue weighted by atomic mass is 9.74. The second kappa shape index (κ2) is 8.07. The Morgan fingerprint density at radius 3 is 2.55 bits per heavy atom. The number of furan rings is 1. The molecule has 1 saturated heterocycles. The van der Waals surface area contributed by atoms with Crippen LogP contribution < -0.4 is 14.8 Å². The van der Waals surface area contributed by atoms with E-state index >= 15 is 0 Å². The summed E-state index contributed by atoms with van der Waals surface area (Å²) >= 11 is 0. The fourth-order valence-electron chi connectivity index (χ4n) is 4.12. The Morgan fingerprint density at radius 1 is 0.968 bits per heavy atom. The van der Waals surface area contributed by atoms with Crippen molar-refractivity contribution >= 4 is 5.91 Å². The van der Waals surface area contributed by atoms with Crippen LogP contribution in [-0.2, 0) is 10.2 Å². The smallest absolute Gasteiger partial charge is 0.287 e. The Morgan fingerprint density at radius 2 is 1.74 bits per heavy atom. The molecule has 0 bridgehead atoms. The van der Waals surface area contributed by atoms with Crippen molar-refractivity contribution in [2.45, 2.75) is 18.3 Å². The standard InChI is InChI=1S/C24H22FNO5/c25-18-4-1-16(2-5-18)19-7-8-21(31-19)23(27)26-14-24(9-11-28-12-10-24)17-3-6-20-22(13-17)30-15-29-20/h1-8,13H,9-12,14-15H2,(H,26,27). The molecule has 0 spiro atoms. The highest BCUT2D eigenvalue weighted by molar-refractivity contribution is 5.92. The van der Waals surface area contributed by atoms with Crippen molar-refractivity contribution in [3.8, 4) is 22.8 Å². The molecule has 5 rings (SSSR count). The van der Waals surface area contributed by atoms with E-state index in [1.807, 2.05) is 18.2 Å². The van der Waals surface area contributed by atoms with Gasteiger partial charge in [-0.2, -0.15) is 0 Å². The van der Waals surface area contributed by atoms with Crippen LogP contribution in [0.5, 0.6) is 11.5 Å². The van der Waals surface area contributed by atoms with Crippen LogP contribution >= 0.6 is 0 Å².